The average Bonchev–Trinajstić information content (AvgIpc) is 3.28. The Labute approximate surface area is 197 Å². The van der Waals surface area contributed by atoms with E-state index in [1.807, 2.05) is 41.7 Å². The minimum Gasteiger partial charge on any atom is -0.384 e. The summed E-state index contributed by atoms with van der Waals surface area (Å²) >= 11 is 14.3. The molecule has 0 spiro atoms. The van der Waals surface area contributed by atoms with Gasteiger partial charge in [0.1, 0.15) is 5.84 Å². The van der Waals surface area contributed by atoms with E-state index in [9.17, 15) is 0 Å². The van der Waals surface area contributed by atoms with Crippen molar-refractivity contribution in [2.75, 3.05) is 31.1 Å². The molecule has 3 aromatic rings. The number of rotatable bonds is 6. The molecule has 1 aliphatic rings. The van der Waals surface area contributed by atoms with Crippen LogP contribution in [0.15, 0.2) is 71.0 Å². The standard InChI is InChI=1S/C24H24Cl2N4S/c25-19-5-7-20(8-6-19)28-24(27)10-4-18-3-9-21(16-23(18)26)30-13-11-29(12-14-30)17-22-2-1-15-31-22/h1-10,15-16H,11-14,17H2,(H2,27,28). The maximum atomic E-state index is 6.55. The second kappa shape index (κ2) is 10.3. The predicted octanol–water partition coefficient (Wildman–Crippen LogP) is 6.08. The molecule has 0 bridgehead atoms. The molecule has 2 aromatic carbocycles. The van der Waals surface area contributed by atoms with Crippen LogP contribution in [-0.4, -0.2) is 36.9 Å². The van der Waals surface area contributed by atoms with Crippen LogP contribution >= 0.6 is 34.5 Å². The van der Waals surface area contributed by atoms with E-state index in [0.29, 0.717) is 15.9 Å². The van der Waals surface area contributed by atoms with Crippen molar-refractivity contribution >= 4 is 57.8 Å². The molecule has 2 N–H and O–H groups in total. The van der Waals surface area contributed by atoms with Gasteiger partial charge in [0.25, 0.3) is 0 Å². The van der Waals surface area contributed by atoms with E-state index in [1.165, 1.54) is 4.88 Å². The van der Waals surface area contributed by atoms with Crippen LogP contribution in [0.5, 0.6) is 0 Å². The van der Waals surface area contributed by atoms with Crippen LogP contribution in [0.3, 0.4) is 0 Å². The number of benzene rings is 2. The van der Waals surface area contributed by atoms with Gasteiger partial charge in [0.05, 0.1) is 5.69 Å². The second-order valence-electron chi connectivity index (χ2n) is 7.39. The number of hydrogen-bond donors (Lipinski definition) is 1. The van der Waals surface area contributed by atoms with Crippen molar-refractivity contribution in [3.05, 3.63) is 86.5 Å². The fourth-order valence-corrected chi connectivity index (χ4v) is 4.62. The minimum atomic E-state index is 0.407. The van der Waals surface area contributed by atoms with Gasteiger partial charge in [-0.2, -0.15) is 0 Å². The minimum absolute atomic E-state index is 0.407. The van der Waals surface area contributed by atoms with Crippen molar-refractivity contribution < 1.29 is 0 Å². The first kappa shape index (κ1) is 21.9. The van der Waals surface area contributed by atoms with Crippen LogP contribution in [0.2, 0.25) is 10.0 Å². The molecule has 0 atom stereocenters. The molecule has 4 nitrogen and oxygen atoms in total. The van der Waals surface area contributed by atoms with Crippen molar-refractivity contribution in [1.82, 2.24) is 4.90 Å². The second-order valence-corrected chi connectivity index (χ2v) is 9.27. The third kappa shape index (κ3) is 6.11. The zero-order valence-corrected chi connectivity index (χ0v) is 19.4. The third-order valence-corrected chi connectivity index (χ3v) is 6.64. The smallest absolute Gasteiger partial charge is 0.124 e. The third-order valence-electron chi connectivity index (χ3n) is 5.20. The van der Waals surface area contributed by atoms with Crippen molar-refractivity contribution in [1.29, 1.82) is 0 Å². The molecule has 31 heavy (non-hydrogen) atoms. The van der Waals surface area contributed by atoms with E-state index in [4.69, 9.17) is 28.9 Å². The maximum absolute atomic E-state index is 6.55. The molecule has 2 heterocycles. The summed E-state index contributed by atoms with van der Waals surface area (Å²) in [6.07, 6.45) is 3.65. The first-order valence-corrected chi connectivity index (χ1v) is 11.8. The average molecular weight is 471 g/mol. The molecular weight excluding hydrogens is 447 g/mol. The van der Waals surface area contributed by atoms with Crippen molar-refractivity contribution in [3.8, 4) is 0 Å². The number of amidine groups is 1. The Kier molecular flexibility index (Phi) is 7.30. The van der Waals surface area contributed by atoms with E-state index < -0.39 is 0 Å². The zero-order valence-electron chi connectivity index (χ0n) is 17.0. The Morgan fingerprint density at radius 3 is 2.48 bits per heavy atom. The van der Waals surface area contributed by atoms with Gasteiger partial charge in [-0.1, -0.05) is 35.3 Å². The summed E-state index contributed by atoms with van der Waals surface area (Å²) in [6.45, 7) is 5.13. The fourth-order valence-electron chi connectivity index (χ4n) is 3.51. The Morgan fingerprint density at radius 1 is 1.03 bits per heavy atom. The van der Waals surface area contributed by atoms with Crippen LogP contribution in [-0.2, 0) is 6.54 Å². The summed E-state index contributed by atoms with van der Waals surface area (Å²) < 4.78 is 0. The Bertz CT molecular complexity index is 1050. The van der Waals surface area contributed by atoms with Crippen molar-refractivity contribution in [2.24, 2.45) is 10.7 Å². The molecule has 1 aliphatic heterocycles. The van der Waals surface area contributed by atoms with Gasteiger partial charge in [0.2, 0.25) is 0 Å². The zero-order chi connectivity index (χ0) is 21.6. The summed E-state index contributed by atoms with van der Waals surface area (Å²) in [4.78, 5) is 10.7. The molecule has 0 aliphatic carbocycles. The van der Waals surface area contributed by atoms with Crippen LogP contribution < -0.4 is 10.6 Å². The highest BCUT2D eigenvalue weighted by Crippen LogP contribution is 2.26. The summed E-state index contributed by atoms with van der Waals surface area (Å²) in [7, 11) is 0. The summed E-state index contributed by atoms with van der Waals surface area (Å²) in [6, 6.07) is 17.7. The molecule has 1 fully saturated rings. The molecule has 7 heteroatoms. The van der Waals surface area contributed by atoms with Gasteiger partial charge < -0.3 is 10.6 Å². The Hall–Kier alpha value is -2.31. The number of nitrogens with zero attached hydrogens (tertiary/aromatic N) is 3. The Balaban J connectivity index is 1.35. The van der Waals surface area contributed by atoms with E-state index in [2.05, 4.69) is 38.4 Å². The number of halogens is 2. The van der Waals surface area contributed by atoms with Gasteiger partial charge in [0, 0.05) is 53.3 Å². The highest BCUT2D eigenvalue weighted by molar-refractivity contribution is 7.09. The van der Waals surface area contributed by atoms with Crippen LogP contribution in [0.25, 0.3) is 6.08 Å². The molecule has 0 unspecified atom stereocenters. The van der Waals surface area contributed by atoms with Crippen molar-refractivity contribution in [3.63, 3.8) is 0 Å². The molecule has 160 valence electrons. The van der Waals surface area contributed by atoms with Crippen molar-refractivity contribution in [2.45, 2.75) is 6.54 Å². The number of nitrogens with two attached hydrogens (primary N) is 1. The van der Waals surface area contributed by atoms with Gasteiger partial charge in [-0.15, -0.1) is 11.3 Å². The lowest BCUT2D eigenvalue weighted by molar-refractivity contribution is 0.252. The highest BCUT2D eigenvalue weighted by atomic mass is 35.5. The molecular formula is C24H24Cl2N4S. The quantitative estimate of drug-likeness (QED) is 0.350. The van der Waals surface area contributed by atoms with E-state index in [-0.39, 0.29) is 0 Å². The lowest BCUT2D eigenvalue weighted by Crippen LogP contribution is -2.45. The summed E-state index contributed by atoms with van der Waals surface area (Å²) in [5.41, 5.74) is 8.85. The normalized spacial score (nSPS) is 15.7. The topological polar surface area (TPSA) is 44.9 Å². The monoisotopic (exact) mass is 470 g/mol. The van der Waals surface area contributed by atoms with Crippen LogP contribution in [0.1, 0.15) is 10.4 Å². The maximum Gasteiger partial charge on any atom is 0.124 e. The van der Waals surface area contributed by atoms with Gasteiger partial charge in [-0.3, -0.25) is 4.90 Å². The molecule has 1 saturated heterocycles. The lowest BCUT2D eigenvalue weighted by atomic mass is 10.1. The number of hydrogen-bond acceptors (Lipinski definition) is 4. The molecule has 4 rings (SSSR count). The molecule has 1 aromatic heterocycles. The fraction of sp³-hybridized carbons (Fsp3) is 0.208. The molecule has 0 amide bonds. The number of piperazine rings is 1. The number of aliphatic imine (C=N–C) groups is 1. The first-order valence-electron chi connectivity index (χ1n) is 10.1. The predicted molar refractivity (Wildman–Crippen MR) is 135 cm³/mol. The largest absolute Gasteiger partial charge is 0.384 e. The van der Waals surface area contributed by atoms with Gasteiger partial charge in [-0.25, -0.2) is 4.99 Å². The van der Waals surface area contributed by atoms with Gasteiger partial charge >= 0.3 is 0 Å². The van der Waals surface area contributed by atoms with Gasteiger partial charge in [-0.05, 0) is 65.6 Å². The van der Waals surface area contributed by atoms with E-state index in [0.717, 1.165) is 49.7 Å². The first-order chi connectivity index (χ1) is 15.1. The molecule has 0 saturated carbocycles. The van der Waals surface area contributed by atoms with Crippen LogP contribution in [0, 0.1) is 0 Å². The Morgan fingerprint density at radius 2 is 1.81 bits per heavy atom. The SMILES string of the molecule is NC(C=Cc1ccc(N2CCN(Cc3cccs3)CC2)cc1Cl)=Nc1ccc(Cl)cc1. The number of anilines is 1. The number of thiophene rings is 1. The summed E-state index contributed by atoms with van der Waals surface area (Å²) in [5, 5.41) is 3.51. The van der Waals surface area contributed by atoms with Gasteiger partial charge in [0.15, 0.2) is 0 Å². The van der Waals surface area contributed by atoms with Crippen LogP contribution in [0.4, 0.5) is 11.4 Å². The lowest BCUT2D eigenvalue weighted by Gasteiger charge is -2.36. The van der Waals surface area contributed by atoms with E-state index >= 15 is 0 Å². The van der Waals surface area contributed by atoms with E-state index in [1.54, 1.807) is 18.2 Å². The summed E-state index contributed by atoms with van der Waals surface area (Å²) in [5.74, 6) is 0.407. The highest BCUT2D eigenvalue weighted by Gasteiger charge is 2.18. The molecule has 0 radical (unpaired) electrons.